The monoisotopic (exact) mass is 442 g/mol. The number of pyridine rings is 2. The van der Waals surface area contributed by atoms with E-state index in [1.807, 2.05) is 0 Å². The van der Waals surface area contributed by atoms with Crippen molar-refractivity contribution in [2.75, 3.05) is 6.67 Å². The Bertz CT molecular complexity index is 1140. The van der Waals surface area contributed by atoms with Crippen molar-refractivity contribution >= 4 is 45.4 Å². The van der Waals surface area contributed by atoms with Gasteiger partial charge in [-0.1, -0.05) is 13.8 Å². The summed E-state index contributed by atoms with van der Waals surface area (Å²) in [6.07, 6.45) is 5.45. The number of ketones is 1. The number of halogens is 1. The van der Waals surface area contributed by atoms with E-state index >= 15 is 0 Å². The van der Waals surface area contributed by atoms with E-state index in [4.69, 9.17) is 5.11 Å². The van der Waals surface area contributed by atoms with Gasteiger partial charge in [-0.2, -0.15) is 0 Å². The molecule has 1 unspecified atom stereocenters. The molecule has 10 heteroatoms. The summed E-state index contributed by atoms with van der Waals surface area (Å²) in [7, 11) is 0. The minimum absolute atomic E-state index is 0.198. The maximum atomic E-state index is 13.3. The zero-order chi connectivity index (χ0) is 23.4. The van der Waals surface area contributed by atoms with Crippen LogP contribution in [0.2, 0.25) is 0 Å². The van der Waals surface area contributed by atoms with Gasteiger partial charge in [0.15, 0.2) is 5.78 Å². The number of carboxylic acid groups (broad SMARTS) is 1. The Morgan fingerprint density at radius 1 is 1.03 bits per heavy atom. The third-order valence-electron chi connectivity index (χ3n) is 5.37. The molecule has 168 valence electrons. The van der Waals surface area contributed by atoms with Crippen molar-refractivity contribution in [1.29, 1.82) is 0 Å². The molecule has 0 radical (unpaired) electrons. The van der Waals surface area contributed by atoms with Crippen LogP contribution < -0.4 is 5.32 Å². The molecule has 0 aliphatic carbocycles. The average Bonchev–Trinajstić information content (AvgIpc) is 3.10. The Hall–Kier alpha value is -3.69. The molecule has 0 saturated carbocycles. The van der Waals surface area contributed by atoms with E-state index in [0.29, 0.717) is 11.0 Å². The van der Waals surface area contributed by atoms with Gasteiger partial charge in [-0.25, -0.2) is 4.39 Å². The maximum Gasteiger partial charge on any atom is 0.305 e. The quantitative estimate of drug-likeness (QED) is 0.520. The molecule has 3 heterocycles. The molecular weight excluding hydrogens is 419 g/mol. The first kappa shape index (κ1) is 23.0. The number of fused-ring (bicyclic) bond motifs is 3. The van der Waals surface area contributed by atoms with Gasteiger partial charge in [0, 0.05) is 47.9 Å². The van der Waals surface area contributed by atoms with Gasteiger partial charge in [0.2, 0.25) is 11.8 Å². The van der Waals surface area contributed by atoms with Crippen molar-refractivity contribution in [2.24, 2.45) is 11.8 Å². The number of nitrogens with zero attached hydrogens (tertiary/aromatic N) is 3. The van der Waals surface area contributed by atoms with Crippen LogP contribution in [0.1, 0.15) is 31.5 Å². The summed E-state index contributed by atoms with van der Waals surface area (Å²) < 4.78 is 14.3. The zero-order valence-corrected chi connectivity index (χ0v) is 17.6. The summed E-state index contributed by atoms with van der Waals surface area (Å²) in [5.74, 6) is -4.57. The van der Waals surface area contributed by atoms with Crippen LogP contribution in [0.5, 0.6) is 0 Å². The molecule has 3 rings (SSSR count). The van der Waals surface area contributed by atoms with Crippen molar-refractivity contribution in [3.63, 3.8) is 0 Å². The van der Waals surface area contributed by atoms with Gasteiger partial charge in [0.25, 0.3) is 0 Å². The highest BCUT2D eigenvalue weighted by atomic mass is 19.1. The summed E-state index contributed by atoms with van der Waals surface area (Å²) in [4.78, 5) is 57.2. The Labute approximate surface area is 182 Å². The van der Waals surface area contributed by atoms with Gasteiger partial charge in [-0.15, -0.1) is 0 Å². The van der Waals surface area contributed by atoms with E-state index in [9.17, 15) is 23.6 Å². The number of carboxylic acids is 1. The molecule has 0 aromatic carbocycles. The number of rotatable bonds is 9. The maximum absolute atomic E-state index is 13.3. The van der Waals surface area contributed by atoms with Crippen LogP contribution in [-0.4, -0.2) is 55.9 Å². The number of hydrogen-bond donors (Lipinski definition) is 2. The number of hydrogen-bond acceptors (Lipinski definition) is 6. The Morgan fingerprint density at radius 2 is 1.59 bits per heavy atom. The largest absolute Gasteiger partial charge is 0.481 e. The SMILES string of the molecule is CC(C)[C@@H](CC(=O)n1c2ccncc2c2cnccc21)C(=O)NC(CC(=O)O)C(=O)CF. The first-order valence-electron chi connectivity index (χ1n) is 10.1. The van der Waals surface area contributed by atoms with E-state index in [1.165, 1.54) is 4.57 Å². The lowest BCUT2D eigenvalue weighted by Crippen LogP contribution is -2.47. The van der Waals surface area contributed by atoms with Crippen LogP contribution in [0.4, 0.5) is 4.39 Å². The summed E-state index contributed by atoms with van der Waals surface area (Å²) in [5, 5.41) is 12.8. The zero-order valence-electron chi connectivity index (χ0n) is 17.6. The number of aliphatic carboxylic acids is 1. The second kappa shape index (κ2) is 9.63. The first-order chi connectivity index (χ1) is 15.2. The minimum Gasteiger partial charge on any atom is -0.481 e. The Kier molecular flexibility index (Phi) is 6.92. The highest BCUT2D eigenvalue weighted by Gasteiger charge is 2.31. The molecule has 9 nitrogen and oxygen atoms in total. The minimum atomic E-state index is -1.49. The first-order valence-corrected chi connectivity index (χ1v) is 10.1. The second-order valence-corrected chi connectivity index (χ2v) is 7.83. The standard InChI is InChI=1S/C22H23FN4O5/c1-12(2)13(22(32)26-16(8-21(30)31)19(28)9-23)7-20(29)27-17-3-5-24-10-14(17)15-11-25-6-4-18(15)27/h3-6,10-13,16H,7-9H2,1-2H3,(H,26,32)(H,30,31)/t13-,16?/m1/s1. The van der Waals surface area contributed by atoms with Gasteiger partial charge in [-0.05, 0) is 18.1 Å². The molecule has 2 atom stereocenters. The van der Waals surface area contributed by atoms with E-state index < -0.39 is 42.7 Å². The van der Waals surface area contributed by atoms with Gasteiger partial charge < -0.3 is 10.4 Å². The molecule has 1 amide bonds. The molecule has 0 spiro atoms. The third-order valence-corrected chi connectivity index (χ3v) is 5.37. The van der Waals surface area contributed by atoms with Crippen LogP contribution in [-0.2, 0) is 14.4 Å². The number of aromatic nitrogens is 3. The van der Waals surface area contributed by atoms with Crippen LogP contribution >= 0.6 is 0 Å². The van der Waals surface area contributed by atoms with Crippen molar-refractivity contribution in [3.8, 4) is 0 Å². The lowest BCUT2D eigenvalue weighted by molar-refractivity contribution is -0.140. The van der Waals surface area contributed by atoms with E-state index in [-0.39, 0.29) is 18.2 Å². The fraction of sp³-hybridized carbons (Fsp3) is 0.364. The van der Waals surface area contributed by atoms with E-state index in [2.05, 4.69) is 15.3 Å². The highest BCUT2D eigenvalue weighted by molar-refractivity contribution is 6.13. The number of amides is 1. The van der Waals surface area contributed by atoms with Crippen molar-refractivity contribution in [2.45, 2.75) is 32.7 Å². The topological polar surface area (TPSA) is 131 Å². The Morgan fingerprint density at radius 3 is 2.06 bits per heavy atom. The molecule has 2 N–H and O–H groups in total. The summed E-state index contributed by atoms with van der Waals surface area (Å²) in [6.45, 7) is 2.08. The average molecular weight is 442 g/mol. The molecule has 32 heavy (non-hydrogen) atoms. The Balaban J connectivity index is 1.91. The van der Waals surface area contributed by atoms with Gasteiger partial charge >= 0.3 is 5.97 Å². The molecule has 0 aliphatic heterocycles. The van der Waals surface area contributed by atoms with Crippen LogP contribution in [0.15, 0.2) is 36.9 Å². The lowest BCUT2D eigenvalue weighted by Gasteiger charge is -2.23. The fourth-order valence-corrected chi connectivity index (χ4v) is 3.68. The summed E-state index contributed by atoms with van der Waals surface area (Å²) >= 11 is 0. The number of carbonyl (C=O) groups is 4. The van der Waals surface area contributed by atoms with Crippen LogP contribution in [0.3, 0.4) is 0 Å². The molecule has 3 aromatic rings. The molecular formula is C22H23FN4O5. The highest BCUT2D eigenvalue weighted by Crippen LogP contribution is 2.29. The van der Waals surface area contributed by atoms with Gasteiger partial charge in [-0.3, -0.25) is 33.7 Å². The summed E-state index contributed by atoms with van der Waals surface area (Å²) in [5.41, 5.74) is 1.24. The molecule has 0 bridgehead atoms. The van der Waals surface area contributed by atoms with Crippen LogP contribution in [0.25, 0.3) is 21.8 Å². The number of carbonyl (C=O) groups excluding carboxylic acids is 3. The second-order valence-electron chi connectivity index (χ2n) is 7.83. The predicted octanol–water partition coefficient (Wildman–Crippen LogP) is 2.39. The predicted molar refractivity (Wildman–Crippen MR) is 114 cm³/mol. The number of alkyl halides is 1. The van der Waals surface area contributed by atoms with E-state index in [0.717, 1.165) is 10.8 Å². The normalized spacial score (nSPS) is 13.2. The number of Topliss-reactive ketones (excluding diaryl/α,β-unsaturated/α-hetero) is 1. The fourth-order valence-electron chi connectivity index (χ4n) is 3.68. The van der Waals surface area contributed by atoms with Crippen molar-refractivity contribution < 1.29 is 28.7 Å². The molecule has 3 aromatic heterocycles. The lowest BCUT2D eigenvalue weighted by atomic mass is 9.90. The molecule has 0 fully saturated rings. The summed E-state index contributed by atoms with van der Waals surface area (Å²) in [6, 6.07) is 1.90. The van der Waals surface area contributed by atoms with Gasteiger partial charge in [0.1, 0.15) is 12.7 Å². The van der Waals surface area contributed by atoms with Crippen molar-refractivity contribution in [1.82, 2.24) is 19.9 Å². The van der Waals surface area contributed by atoms with E-state index in [1.54, 1.807) is 50.8 Å². The molecule has 0 aliphatic rings. The van der Waals surface area contributed by atoms with Crippen molar-refractivity contribution in [3.05, 3.63) is 36.9 Å². The number of nitrogens with one attached hydrogen (secondary N) is 1. The molecule has 0 saturated heterocycles. The van der Waals surface area contributed by atoms with Crippen LogP contribution in [0, 0.1) is 11.8 Å². The smallest absolute Gasteiger partial charge is 0.305 e. The third kappa shape index (κ3) is 4.63. The van der Waals surface area contributed by atoms with Gasteiger partial charge in [0.05, 0.1) is 17.5 Å².